The lowest BCUT2D eigenvalue weighted by Gasteiger charge is -2.07. The number of fused-ring (bicyclic) bond motifs is 1. The molecule has 1 aliphatic carbocycles. The fourth-order valence-corrected chi connectivity index (χ4v) is 3.31. The van der Waals surface area contributed by atoms with Crippen molar-refractivity contribution in [3.63, 3.8) is 0 Å². The van der Waals surface area contributed by atoms with Crippen LogP contribution in [0.25, 0.3) is 28.1 Å². The molecule has 1 amide bonds. The number of aryl methyl sites for hydroxylation is 1. The smallest absolute Gasteiger partial charge is 0.209 e. The summed E-state index contributed by atoms with van der Waals surface area (Å²) in [6.07, 6.45) is 18.4. The molecule has 3 aromatic heterocycles. The van der Waals surface area contributed by atoms with Gasteiger partial charge in [0.15, 0.2) is 5.65 Å². The number of aromatic amines is 1. The maximum absolute atomic E-state index is 9.93. The fraction of sp³-hybridized carbons (Fsp3) is 0.500. The number of H-pyrrole nitrogens is 1. The topological polar surface area (TPSA) is 91.7 Å². The molecule has 5 rings (SSSR count). The van der Waals surface area contributed by atoms with E-state index in [1.165, 1.54) is 32.1 Å². The zero-order chi connectivity index (χ0) is 22.8. The van der Waals surface area contributed by atoms with Crippen LogP contribution in [-0.2, 0) is 11.8 Å². The summed E-state index contributed by atoms with van der Waals surface area (Å²) in [5.41, 5.74) is 5.61. The number of amides is 1. The predicted octanol–water partition coefficient (Wildman–Crippen LogP) is 4.13. The Balaban J connectivity index is 0.000000237. The number of aromatic nitrogens is 5. The summed E-state index contributed by atoms with van der Waals surface area (Å²) >= 11 is 0. The van der Waals surface area contributed by atoms with Crippen LogP contribution in [0.2, 0.25) is 0 Å². The molecular formula is C24H35N7O. The van der Waals surface area contributed by atoms with E-state index < -0.39 is 0 Å². The molecule has 1 saturated carbocycles. The van der Waals surface area contributed by atoms with E-state index in [2.05, 4.69) is 40.3 Å². The van der Waals surface area contributed by atoms with Crippen molar-refractivity contribution in [3.05, 3.63) is 36.4 Å². The van der Waals surface area contributed by atoms with E-state index in [1.54, 1.807) is 22.0 Å². The van der Waals surface area contributed by atoms with Crippen molar-refractivity contribution in [2.45, 2.75) is 52.4 Å². The number of hydrogen-bond acceptors (Lipinski definition) is 5. The average molecular weight is 438 g/mol. The molecule has 1 saturated heterocycles. The van der Waals surface area contributed by atoms with Crippen LogP contribution in [0.4, 0.5) is 0 Å². The van der Waals surface area contributed by atoms with Gasteiger partial charge >= 0.3 is 0 Å². The van der Waals surface area contributed by atoms with Crippen LogP contribution in [0, 0.1) is 0 Å². The van der Waals surface area contributed by atoms with Crippen LogP contribution in [0.3, 0.4) is 0 Å². The van der Waals surface area contributed by atoms with E-state index in [-0.39, 0.29) is 0 Å². The van der Waals surface area contributed by atoms with E-state index >= 15 is 0 Å². The van der Waals surface area contributed by atoms with Gasteiger partial charge in [0.2, 0.25) is 6.41 Å². The second kappa shape index (κ2) is 12.0. The summed E-state index contributed by atoms with van der Waals surface area (Å²) in [6.45, 7) is 7.03. The second-order valence-electron chi connectivity index (χ2n) is 8.02. The molecule has 0 unspecified atom stereocenters. The van der Waals surface area contributed by atoms with Crippen molar-refractivity contribution in [2.75, 3.05) is 19.6 Å². The number of carbonyl (C=O) groups excluding carboxylic acids is 1. The van der Waals surface area contributed by atoms with Crippen LogP contribution in [0.5, 0.6) is 0 Å². The van der Waals surface area contributed by atoms with Crippen LogP contribution in [0.15, 0.2) is 30.9 Å². The summed E-state index contributed by atoms with van der Waals surface area (Å²) in [7, 11) is 1.89. The molecule has 8 nitrogen and oxygen atoms in total. The molecular weight excluding hydrogens is 402 g/mol. The van der Waals surface area contributed by atoms with Crippen molar-refractivity contribution in [1.82, 2.24) is 34.9 Å². The normalized spacial score (nSPS) is 15.0. The highest BCUT2D eigenvalue weighted by molar-refractivity contribution is 5.88. The lowest BCUT2D eigenvalue weighted by Crippen LogP contribution is -2.15. The second-order valence-corrected chi connectivity index (χ2v) is 8.02. The quantitative estimate of drug-likeness (QED) is 0.566. The third-order valence-corrected chi connectivity index (χ3v) is 5.09. The van der Waals surface area contributed by atoms with E-state index in [1.807, 2.05) is 19.4 Å². The molecule has 2 aliphatic rings. The van der Waals surface area contributed by atoms with Crippen LogP contribution in [0.1, 0.15) is 57.9 Å². The number of carbonyl (C=O) groups is 1. The standard InChI is InChI=1S/C16H20N6.C5H9NO.C3H6/c1-4-6-13(17-5-2)12-8-18-16-15(12)21-14(9-19-16)11-7-20-22(3)10-11;7-5-6-3-1-2-4-6;1-2-3-1/h6-10,17H,4-5H2,1-3H3,(H,18,19);5H,1-4H2;1-3H2/b13-6+;;. The van der Waals surface area contributed by atoms with Crippen molar-refractivity contribution < 1.29 is 4.79 Å². The third kappa shape index (κ3) is 6.67. The maximum Gasteiger partial charge on any atom is 0.209 e. The summed E-state index contributed by atoms with van der Waals surface area (Å²) < 4.78 is 1.76. The van der Waals surface area contributed by atoms with Gasteiger partial charge in [0.25, 0.3) is 0 Å². The Kier molecular flexibility index (Phi) is 8.83. The molecule has 3 aromatic rings. The largest absolute Gasteiger partial charge is 0.385 e. The van der Waals surface area contributed by atoms with Crippen LogP contribution in [-0.4, -0.2) is 55.7 Å². The SMILES string of the molecule is C1CC1.CC/C=C(/NCC)c1c[nH]c2ncc(-c3cnn(C)c3)nc12.O=CN1CCCC1. The van der Waals surface area contributed by atoms with E-state index in [0.717, 1.165) is 66.1 Å². The Hall–Kier alpha value is -3.16. The highest BCUT2D eigenvalue weighted by Crippen LogP contribution is 2.24. The fourth-order valence-electron chi connectivity index (χ4n) is 3.31. The van der Waals surface area contributed by atoms with Crippen molar-refractivity contribution >= 4 is 23.3 Å². The van der Waals surface area contributed by atoms with Crippen molar-refractivity contribution in [2.24, 2.45) is 7.05 Å². The molecule has 2 fully saturated rings. The van der Waals surface area contributed by atoms with E-state index in [9.17, 15) is 4.79 Å². The van der Waals surface area contributed by atoms with E-state index in [0.29, 0.717) is 0 Å². The van der Waals surface area contributed by atoms with E-state index in [4.69, 9.17) is 4.98 Å². The number of nitrogens with one attached hydrogen (secondary N) is 2. The lowest BCUT2D eigenvalue weighted by atomic mass is 10.2. The monoisotopic (exact) mass is 437 g/mol. The van der Waals surface area contributed by atoms with Crippen LogP contribution < -0.4 is 5.32 Å². The zero-order valence-electron chi connectivity index (χ0n) is 19.5. The Morgan fingerprint density at radius 2 is 1.91 bits per heavy atom. The Morgan fingerprint density at radius 3 is 2.44 bits per heavy atom. The van der Waals surface area contributed by atoms with Gasteiger partial charge in [0.1, 0.15) is 5.52 Å². The first-order valence-electron chi connectivity index (χ1n) is 11.6. The summed E-state index contributed by atoms with van der Waals surface area (Å²) in [6, 6.07) is 0. The molecule has 0 aromatic carbocycles. The average Bonchev–Trinajstić information content (AvgIpc) is 3.30. The molecule has 0 radical (unpaired) electrons. The molecule has 4 heterocycles. The minimum atomic E-state index is 0.794. The van der Waals surface area contributed by atoms with Gasteiger partial charge in [-0.3, -0.25) is 9.48 Å². The van der Waals surface area contributed by atoms with Crippen molar-refractivity contribution in [1.29, 1.82) is 0 Å². The van der Waals surface area contributed by atoms with Gasteiger partial charge in [-0.1, -0.05) is 32.3 Å². The summed E-state index contributed by atoms with van der Waals surface area (Å²) in [5, 5.41) is 7.59. The zero-order valence-corrected chi connectivity index (χ0v) is 19.5. The van der Waals surface area contributed by atoms with Crippen molar-refractivity contribution in [3.8, 4) is 11.3 Å². The minimum Gasteiger partial charge on any atom is -0.385 e. The first-order valence-corrected chi connectivity index (χ1v) is 11.6. The number of likely N-dealkylation sites (tertiary alicyclic amines) is 1. The molecule has 2 N–H and O–H groups in total. The number of allylic oxidation sites excluding steroid dienone is 1. The van der Waals surface area contributed by atoms with Gasteiger partial charge in [-0.15, -0.1) is 0 Å². The van der Waals surface area contributed by atoms with Gasteiger partial charge in [-0.25, -0.2) is 9.97 Å². The Labute approximate surface area is 190 Å². The van der Waals surface area contributed by atoms with Crippen LogP contribution >= 0.6 is 0 Å². The summed E-state index contributed by atoms with van der Waals surface area (Å²) in [5.74, 6) is 0. The van der Waals surface area contributed by atoms with Gasteiger partial charge < -0.3 is 15.2 Å². The number of nitrogens with zero attached hydrogens (tertiary/aromatic N) is 5. The maximum atomic E-state index is 9.93. The highest BCUT2D eigenvalue weighted by Gasteiger charge is 2.12. The van der Waals surface area contributed by atoms with Gasteiger partial charge in [-0.05, 0) is 26.2 Å². The van der Waals surface area contributed by atoms with Gasteiger partial charge in [0, 0.05) is 55.9 Å². The van der Waals surface area contributed by atoms with Gasteiger partial charge in [-0.2, -0.15) is 5.10 Å². The highest BCUT2D eigenvalue weighted by atomic mass is 16.1. The number of hydrogen-bond donors (Lipinski definition) is 2. The summed E-state index contributed by atoms with van der Waals surface area (Å²) in [4.78, 5) is 24.2. The predicted molar refractivity (Wildman–Crippen MR) is 129 cm³/mol. The first kappa shape index (κ1) is 23.5. The first-order chi connectivity index (χ1) is 15.7. The third-order valence-electron chi connectivity index (χ3n) is 5.09. The minimum absolute atomic E-state index is 0.794. The Morgan fingerprint density at radius 1 is 1.16 bits per heavy atom. The molecule has 0 atom stereocenters. The molecule has 172 valence electrons. The number of rotatable bonds is 6. The van der Waals surface area contributed by atoms with Gasteiger partial charge in [0.05, 0.1) is 18.1 Å². The Bertz CT molecular complexity index is 1010. The molecule has 0 spiro atoms. The molecule has 0 bridgehead atoms. The molecule has 1 aliphatic heterocycles. The lowest BCUT2D eigenvalue weighted by molar-refractivity contribution is -0.117. The molecule has 32 heavy (non-hydrogen) atoms. The molecule has 8 heteroatoms.